The third-order valence-electron chi connectivity index (χ3n) is 3.11. The molecule has 1 aromatic rings. The highest BCUT2D eigenvalue weighted by molar-refractivity contribution is 5.54. The van der Waals surface area contributed by atoms with Gasteiger partial charge < -0.3 is 9.64 Å². The van der Waals surface area contributed by atoms with Crippen LogP contribution >= 0.6 is 0 Å². The quantitative estimate of drug-likeness (QED) is 0.813. The van der Waals surface area contributed by atoms with Crippen molar-refractivity contribution in [3.63, 3.8) is 0 Å². The zero-order chi connectivity index (χ0) is 13.9. The largest absolute Gasteiger partial charge is 0.573 e. The van der Waals surface area contributed by atoms with Crippen molar-refractivity contribution in [3.8, 4) is 5.75 Å². The molecule has 5 heteroatoms. The molecule has 2 rings (SSSR count). The van der Waals surface area contributed by atoms with Crippen molar-refractivity contribution >= 4 is 6.08 Å². The van der Waals surface area contributed by atoms with Crippen molar-refractivity contribution < 1.29 is 17.9 Å². The van der Waals surface area contributed by atoms with Crippen molar-refractivity contribution in [2.45, 2.75) is 19.2 Å². The van der Waals surface area contributed by atoms with Crippen molar-refractivity contribution in [3.05, 3.63) is 35.4 Å². The Kier molecular flexibility index (Phi) is 4.14. The highest BCUT2D eigenvalue weighted by atomic mass is 19.4. The van der Waals surface area contributed by atoms with Gasteiger partial charge in [0.05, 0.1) is 0 Å². The van der Waals surface area contributed by atoms with Gasteiger partial charge in [-0.3, -0.25) is 0 Å². The smallest absolute Gasteiger partial charge is 0.406 e. The summed E-state index contributed by atoms with van der Waals surface area (Å²) in [6.07, 6.45) is -0.563. The number of benzene rings is 1. The van der Waals surface area contributed by atoms with Crippen LogP contribution in [0.15, 0.2) is 29.8 Å². The minimum absolute atomic E-state index is 0.182. The molecule has 0 spiro atoms. The number of hydrogen-bond acceptors (Lipinski definition) is 2. The predicted octanol–water partition coefficient (Wildman–Crippen LogP) is 3.69. The first-order chi connectivity index (χ1) is 8.92. The molecule has 19 heavy (non-hydrogen) atoms. The number of nitrogens with zero attached hydrogens (tertiary/aromatic N) is 1. The molecule has 0 aliphatic carbocycles. The van der Waals surface area contributed by atoms with Crippen LogP contribution in [0.5, 0.6) is 5.75 Å². The predicted molar refractivity (Wildman–Crippen MR) is 67.8 cm³/mol. The van der Waals surface area contributed by atoms with Crippen LogP contribution in [0.4, 0.5) is 13.2 Å². The number of alkyl halides is 3. The van der Waals surface area contributed by atoms with Gasteiger partial charge in [0.1, 0.15) is 5.75 Å². The molecule has 0 unspecified atom stereocenters. The van der Waals surface area contributed by atoms with Crippen molar-refractivity contribution in [1.29, 1.82) is 0 Å². The molecule has 0 atom stereocenters. The molecule has 1 heterocycles. The minimum atomic E-state index is -4.63. The fraction of sp³-hybridized carbons (Fsp3) is 0.429. The van der Waals surface area contributed by atoms with E-state index in [9.17, 15) is 13.2 Å². The molecule has 0 N–H and O–H groups in total. The van der Waals surface area contributed by atoms with Gasteiger partial charge in [-0.2, -0.15) is 0 Å². The Labute approximate surface area is 110 Å². The maximum Gasteiger partial charge on any atom is 0.573 e. The molecule has 1 aliphatic rings. The molecule has 1 aliphatic heterocycles. The van der Waals surface area contributed by atoms with E-state index in [-0.39, 0.29) is 5.75 Å². The maximum absolute atomic E-state index is 12.0. The first-order valence-electron chi connectivity index (χ1n) is 6.16. The minimum Gasteiger partial charge on any atom is -0.406 e. The Bertz CT molecular complexity index is 441. The van der Waals surface area contributed by atoms with Crippen LogP contribution in [0.25, 0.3) is 6.08 Å². The molecule has 1 fully saturated rings. The molecule has 0 radical (unpaired) electrons. The Balaban J connectivity index is 2.00. The number of rotatable bonds is 2. The van der Waals surface area contributed by atoms with E-state index in [1.807, 2.05) is 6.08 Å². The average Bonchev–Trinajstić information content (AvgIpc) is 2.33. The molecule has 1 aromatic carbocycles. The number of hydrogen-bond donors (Lipinski definition) is 0. The van der Waals surface area contributed by atoms with E-state index >= 15 is 0 Å². The van der Waals surface area contributed by atoms with E-state index < -0.39 is 6.36 Å². The van der Waals surface area contributed by atoms with E-state index in [1.54, 1.807) is 12.1 Å². The lowest BCUT2D eigenvalue weighted by molar-refractivity contribution is -0.274. The van der Waals surface area contributed by atoms with Gasteiger partial charge >= 0.3 is 6.36 Å². The van der Waals surface area contributed by atoms with Crippen LogP contribution in [-0.4, -0.2) is 31.4 Å². The average molecular weight is 271 g/mol. The van der Waals surface area contributed by atoms with Gasteiger partial charge in [0.25, 0.3) is 0 Å². The van der Waals surface area contributed by atoms with E-state index in [4.69, 9.17) is 0 Å². The molecule has 0 amide bonds. The van der Waals surface area contributed by atoms with Crippen molar-refractivity contribution in [2.24, 2.45) is 0 Å². The molecule has 0 saturated carbocycles. The van der Waals surface area contributed by atoms with Crippen molar-refractivity contribution in [1.82, 2.24) is 4.90 Å². The molecule has 104 valence electrons. The van der Waals surface area contributed by atoms with E-state index in [2.05, 4.69) is 16.7 Å². The SMILES string of the molecule is CN1CCC(=Cc2ccc(OC(F)(F)F)cc2)CC1. The van der Waals surface area contributed by atoms with E-state index in [1.165, 1.54) is 17.7 Å². The third kappa shape index (κ3) is 4.59. The molecular weight excluding hydrogens is 255 g/mol. The van der Waals surface area contributed by atoms with Crippen LogP contribution in [-0.2, 0) is 0 Å². The molecular formula is C14H16F3NO. The van der Waals surface area contributed by atoms with E-state index in [0.717, 1.165) is 31.5 Å². The Morgan fingerprint density at radius 3 is 2.21 bits per heavy atom. The second-order valence-corrected chi connectivity index (χ2v) is 4.72. The maximum atomic E-state index is 12.0. The summed E-state index contributed by atoms with van der Waals surface area (Å²) in [4.78, 5) is 2.26. The first kappa shape index (κ1) is 13.9. The van der Waals surface area contributed by atoms with Crippen LogP contribution < -0.4 is 4.74 Å². The highest BCUT2D eigenvalue weighted by Gasteiger charge is 2.30. The number of ether oxygens (including phenoxy) is 1. The molecule has 0 bridgehead atoms. The summed E-state index contributed by atoms with van der Waals surface area (Å²) < 4.78 is 39.9. The zero-order valence-corrected chi connectivity index (χ0v) is 10.7. The van der Waals surface area contributed by atoms with E-state index in [0.29, 0.717) is 0 Å². The highest BCUT2D eigenvalue weighted by Crippen LogP contribution is 2.24. The lowest BCUT2D eigenvalue weighted by Crippen LogP contribution is -2.26. The Hall–Kier alpha value is -1.49. The molecule has 1 saturated heterocycles. The topological polar surface area (TPSA) is 12.5 Å². The summed E-state index contributed by atoms with van der Waals surface area (Å²) >= 11 is 0. The summed E-state index contributed by atoms with van der Waals surface area (Å²) in [5.41, 5.74) is 2.25. The van der Waals surface area contributed by atoms with Crippen LogP contribution in [0.2, 0.25) is 0 Å². The van der Waals surface area contributed by atoms with Gasteiger partial charge in [0.15, 0.2) is 0 Å². The normalized spacial score (nSPS) is 17.4. The number of piperidine rings is 1. The van der Waals surface area contributed by atoms with Gasteiger partial charge in [-0.15, -0.1) is 13.2 Å². The molecule has 2 nitrogen and oxygen atoms in total. The summed E-state index contributed by atoms with van der Waals surface area (Å²) in [6.45, 7) is 2.06. The van der Waals surface area contributed by atoms with Crippen LogP contribution in [0, 0.1) is 0 Å². The lowest BCUT2D eigenvalue weighted by Gasteiger charge is -2.24. The Morgan fingerprint density at radius 1 is 1.11 bits per heavy atom. The molecule has 0 aromatic heterocycles. The standard InChI is InChI=1S/C14H16F3NO/c1-18-8-6-12(7-9-18)10-11-2-4-13(5-3-11)19-14(15,16)17/h2-5,10H,6-9H2,1H3. The number of likely N-dealkylation sites (tertiary alicyclic amines) is 1. The van der Waals surface area contributed by atoms with Crippen LogP contribution in [0.3, 0.4) is 0 Å². The number of halogens is 3. The van der Waals surface area contributed by atoms with Crippen LogP contribution in [0.1, 0.15) is 18.4 Å². The first-order valence-corrected chi connectivity index (χ1v) is 6.16. The van der Waals surface area contributed by atoms with Gasteiger partial charge in [-0.25, -0.2) is 0 Å². The third-order valence-corrected chi connectivity index (χ3v) is 3.11. The fourth-order valence-electron chi connectivity index (χ4n) is 2.05. The lowest BCUT2D eigenvalue weighted by atomic mass is 10.0. The summed E-state index contributed by atoms with van der Waals surface area (Å²) in [7, 11) is 2.08. The van der Waals surface area contributed by atoms with Gasteiger partial charge in [0.2, 0.25) is 0 Å². The van der Waals surface area contributed by atoms with Gasteiger partial charge in [0, 0.05) is 13.1 Å². The van der Waals surface area contributed by atoms with Gasteiger partial charge in [-0.05, 0) is 37.6 Å². The van der Waals surface area contributed by atoms with Crippen molar-refractivity contribution in [2.75, 3.05) is 20.1 Å². The Morgan fingerprint density at radius 2 is 1.68 bits per heavy atom. The fourth-order valence-corrected chi connectivity index (χ4v) is 2.05. The zero-order valence-electron chi connectivity index (χ0n) is 10.7. The monoisotopic (exact) mass is 271 g/mol. The second-order valence-electron chi connectivity index (χ2n) is 4.72. The van der Waals surface area contributed by atoms with Gasteiger partial charge in [-0.1, -0.05) is 23.8 Å². The second kappa shape index (κ2) is 5.65. The summed E-state index contributed by atoms with van der Waals surface area (Å²) in [5, 5.41) is 0. The summed E-state index contributed by atoms with van der Waals surface area (Å²) in [5.74, 6) is -0.182. The summed E-state index contributed by atoms with van der Waals surface area (Å²) in [6, 6.07) is 5.97.